The summed E-state index contributed by atoms with van der Waals surface area (Å²) in [5.41, 5.74) is 7.85. The quantitative estimate of drug-likeness (QED) is 0.295. The Balaban J connectivity index is 0. The van der Waals surface area contributed by atoms with Crippen LogP contribution < -0.4 is 37.2 Å². The standard InChI is InChI=1S/C23H22ClN3.3ClH.Nd/c1-15-7-5-8-16(2)22(15)25-13-20-11-19(24)12-21(27-20)14-26-23-17(3)9-6-10-18(23)4;;;;/h5-14H,1-4H3;3*1H;/q;;;;+3/p-3. The first-order valence-electron chi connectivity index (χ1n) is 8.82. The first kappa shape index (κ1) is 32.6. The molecule has 8 heteroatoms. The molecule has 3 aromatic rings. The Labute approximate surface area is 241 Å². The van der Waals surface area contributed by atoms with Crippen molar-refractivity contribution in [3.63, 3.8) is 0 Å². The third-order valence-electron chi connectivity index (χ3n) is 4.36. The van der Waals surface area contributed by atoms with E-state index in [1.165, 1.54) is 0 Å². The predicted octanol–water partition coefficient (Wildman–Crippen LogP) is -2.52. The SMILES string of the molecule is Cc1cccc(C)c1N=Cc1cc(Cl)cc(C=Nc2c(C)cccc2C)n1.[Cl-].[Cl-].[Cl-].[Nd+3]. The molecule has 0 aliphatic heterocycles. The molecule has 1 aromatic heterocycles. The Morgan fingerprint density at radius 2 is 1.00 bits per heavy atom. The van der Waals surface area contributed by atoms with Crippen LogP contribution in [0, 0.1) is 68.5 Å². The summed E-state index contributed by atoms with van der Waals surface area (Å²) in [6.07, 6.45) is 3.50. The second-order valence-corrected chi connectivity index (χ2v) is 7.07. The summed E-state index contributed by atoms with van der Waals surface area (Å²) in [5.74, 6) is 0. The van der Waals surface area contributed by atoms with Crippen LogP contribution >= 0.6 is 11.6 Å². The van der Waals surface area contributed by atoms with Crippen molar-refractivity contribution in [3.8, 4) is 0 Å². The van der Waals surface area contributed by atoms with Gasteiger partial charge in [-0.15, -0.1) is 0 Å². The van der Waals surface area contributed by atoms with E-state index in [0.29, 0.717) is 16.4 Å². The van der Waals surface area contributed by atoms with Crippen LogP contribution in [0.3, 0.4) is 0 Å². The van der Waals surface area contributed by atoms with E-state index < -0.39 is 0 Å². The maximum absolute atomic E-state index is 6.28. The van der Waals surface area contributed by atoms with Gasteiger partial charge in [-0.3, -0.25) is 9.98 Å². The molecule has 2 aromatic carbocycles. The molecule has 0 saturated heterocycles. The van der Waals surface area contributed by atoms with Gasteiger partial charge < -0.3 is 37.2 Å². The zero-order valence-corrected chi connectivity index (χ0v) is 23.9. The van der Waals surface area contributed by atoms with Gasteiger partial charge in [-0.25, -0.2) is 4.98 Å². The number of pyridine rings is 1. The first-order valence-corrected chi connectivity index (χ1v) is 9.20. The first-order chi connectivity index (χ1) is 12.9. The zero-order chi connectivity index (χ0) is 19.4. The fraction of sp³-hybridized carbons (Fsp3) is 0.174. The van der Waals surface area contributed by atoms with Crippen molar-refractivity contribution in [3.05, 3.63) is 87.2 Å². The molecule has 1 radical (unpaired) electrons. The number of hydrogen-bond acceptors (Lipinski definition) is 3. The maximum Gasteiger partial charge on any atom is 3.00 e. The van der Waals surface area contributed by atoms with Gasteiger partial charge in [-0.2, -0.15) is 0 Å². The van der Waals surface area contributed by atoms with E-state index in [4.69, 9.17) is 11.6 Å². The Bertz CT molecular complexity index is 933. The average Bonchev–Trinajstić information content (AvgIpc) is 2.60. The number of halogens is 4. The van der Waals surface area contributed by atoms with Crippen LogP contribution in [0.2, 0.25) is 5.02 Å². The van der Waals surface area contributed by atoms with Gasteiger partial charge in [-0.05, 0) is 62.1 Å². The van der Waals surface area contributed by atoms with Crippen LogP contribution in [-0.4, -0.2) is 17.4 Å². The molecule has 0 N–H and O–H groups in total. The Morgan fingerprint density at radius 1 is 0.677 bits per heavy atom. The smallest absolute Gasteiger partial charge is 1.00 e. The molecule has 0 unspecified atom stereocenters. The minimum Gasteiger partial charge on any atom is -1.00 e. The third-order valence-corrected chi connectivity index (χ3v) is 4.58. The largest absolute Gasteiger partial charge is 3.00 e. The number of rotatable bonds is 4. The summed E-state index contributed by atoms with van der Waals surface area (Å²) in [4.78, 5) is 13.8. The van der Waals surface area contributed by atoms with Crippen LogP contribution in [-0.2, 0) is 0 Å². The van der Waals surface area contributed by atoms with Crippen LogP contribution in [0.25, 0.3) is 0 Å². The number of para-hydroxylation sites is 2. The molecule has 0 atom stereocenters. The Kier molecular flexibility index (Phi) is 16.1. The van der Waals surface area contributed by atoms with E-state index in [-0.39, 0.29) is 78.1 Å². The minimum absolute atomic E-state index is 0. The summed E-state index contributed by atoms with van der Waals surface area (Å²) < 4.78 is 0. The molecule has 0 saturated carbocycles. The van der Waals surface area contributed by atoms with Crippen molar-refractivity contribution in [2.75, 3.05) is 0 Å². The van der Waals surface area contributed by atoms with Gasteiger partial charge in [0.15, 0.2) is 0 Å². The normalized spacial score (nSPS) is 10.1. The zero-order valence-electron chi connectivity index (χ0n) is 17.6. The van der Waals surface area contributed by atoms with Crippen molar-refractivity contribution >= 4 is 35.4 Å². The van der Waals surface area contributed by atoms with E-state index in [1.54, 1.807) is 24.6 Å². The number of nitrogens with zero attached hydrogens (tertiary/aromatic N) is 3. The van der Waals surface area contributed by atoms with Crippen molar-refractivity contribution < 1.29 is 78.1 Å². The van der Waals surface area contributed by atoms with Crippen LogP contribution in [0.15, 0.2) is 58.5 Å². The van der Waals surface area contributed by atoms with Crippen molar-refractivity contribution in [1.82, 2.24) is 4.98 Å². The van der Waals surface area contributed by atoms with Gasteiger partial charge in [0.05, 0.1) is 35.2 Å². The van der Waals surface area contributed by atoms with Crippen LogP contribution in [0.4, 0.5) is 11.4 Å². The second kappa shape index (κ2) is 15.3. The fourth-order valence-electron chi connectivity index (χ4n) is 2.95. The predicted molar refractivity (Wildman–Crippen MR) is 116 cm³/mol. The number of aromatic nitrogens is 1. The van der Waals surface area contributed by atoms with Gasteiger partial charge >= 0.3 is 40.8 Å². The summed E-state index contributed by atoms with van der Waals surface area (Å²) in [6.45, 7) is 8.20. The summed E-state index contributed by atoms with van der Waals surface area (Å²) in [6, 6.07) is 15.9. The maximum atomic E-state index is 6.28. The van der Waals surface area contributed by atoms with E-state index in [9.17, 15) is 0 Å². The number of benzene rings is 2. The van der Waals surface area contributed by atoms with Gasteiger partial charge in [0.25, 0.3) is 0 Å². The summed E-state index contributed by atoms with van der Waals surface area (Å²) in [5, 5.41) is 0.607. The number of hydrogen-bond donors (Lipinski definition) is 0. The summed E-state index contributed by atoms with van der Waals surface area (Å²) in [7, 11) is 0. The van der Waals surface area contributed by atoms with Crippen LogP contribution in [0.5, 0.6) is 0 Å². The van der Waals surface area contributed by atoms with Crippen molar-refractivity contribution in [1.29, 1.82) is 0 Å². The second-order valence-electron chi connectivity index (χ2n) is 6.63. The Hall–Kier alpha value is -0.559. The molecule has 1 heterocycles. The summed E-state index contributed by atoms with van der Waals surface area (Å²) >= 11 is 6.28. The van der Waals surface area contributed by atoms with Gasteiger partial charge in [-0.1, -0.05) is 48.0 Å². The Morgan fingerprint density at radius 3 is 1.32 bits per heavy atom. The number of aliphatic imine (C=N–C) groups is 2. The molecule has 161 valence electrons. The van der Waals surface area contributed by atoms with E-state index >= 15 is 0 Å². The topological polar surface area (TPSA) is 37.6 Å². The molecule has 3 nitrogen and oxygen atoms in total. The van der Waals surface area contributed by atoms with Crippen molar-refractivity contribution in [2.24, 2.45) is 9.98 Å². The minimum atomic E-state index is 0. The van der Waals surface area contributed by atoms with Gasteiger partial charge in [0, 0.05) is 5.02 Å². The monoisotopic (exact) mass is 622 g/mol. The van der Waals surface area contributed by atoms with E-state index in [1.807, 2.05) is 64.1 Å². The van der Waals surface area contributed by atoms with E-state index in [2.05, 4.69) is 15.0 Å². The molecule has 31 heavy (non-hydrogen) atoms. The molecular formula is C23H22Cl4N3Nd. The van der Waals surface area contributed by atoms with Crippen LogP contribution in [0.1, 0.15) is 33.6 Å². The van der Waals surface area contributed by atoms with E-state index in [0.717, 1.165) is 33.6 Å². The molecule has 0 spiro atoms. The molecule has 0 bridgehead atoms. The molecular weight excluding hydrogens is 604 g/mol. The molecule has 0 aliphatic carbocycles. The molecule has 0 amide bonds. The van der Waals surface area contributed by atoms with Gasteiger partial charge in [0.2, 0.25) is 0 Å². The fourth-order valence-corrected chi connectivity index (χ4v) is 3.17. The molecule has 3 rings (SSSR count). The third kappa shape index (κ3) is 9.07. The molecule has 0 fully saturated rings. The van der Waals surface area contributed by atoms with Crippen molar-refractivity contribution in [2.45, 2.75) is 27.7 Å². The number of aryl methyl sites for hydroxylation is 4. The van der Waals surface area contributed by atoms with Gasteiger partial charge in [0.1, 0.15) is 0 Å². The molecule has 0 aliphatic rings. The average molecular weight is 627 g/mol.